The Hall–Kier alpha value is -1.99. The molecule has 50 heavy (non-hydrogen) atoms. The Balaban J connectivity index is 1.31. The maximum atomic E-state index is 16.4. The highest BCUT2D eigenvalue weighted by molar-refractivity contribution is 5.82. The summed E-state index contributed by atoms with van der Waals surface area (Å²) in [5.41, 5.74) is 12.3. The Morgan fingerprint density at radius 2 is 1.80 bits per heavy atom. The van der Waals surface area contributed by atoms with Gasteiger partial charge in [-0.15, -0.1) is 0 Å². The van der Waals surface area contributed by atoms with Gasteiger partial charge < -0.3 is 26.6 Å². The molecule has 0 aromatic heterocycles. The molecule has 3 saturated heterocycles. The number of nitrogens with one attached hydrogen (secondary N) is 1. The minimum atomic E-state index is -1.17. The summed E-state index contributed by atoms with van der Waals surface area (Å²) in [7, 11) is 2.10. The van der Waals surface area contributed by atoms with Crippen molar-refractivity contribution >= 4 is 18.0 Å². The Labute approximate surface area is 299 Å². The standard InChI is InChI=1S/C38H66F2N8O2/c1-6-9-10-14-46-23-29(40)33(47-15-11-27(12-16-47)36(50)48-18-17-45(5)26(4)22-48)31(24-46)44-35(49)32(34(41)42)30-20-37(8-3)25-38(37,13-7-2)19-28(39)21-43-30/h19,21,26-27,29-34H,6-18,20,22-25,41-42H2,1-5H3,(H,44,49). The van der Waals surface area contributed by atoms with Gasteiger partial charge in [-0.25, -0.2) is 8.78 Å². The number of allylic oxidation sites excluding steroid dienone is 2. The van der Waals surface area contributed by atoms with Gasteiger partial charge in [0.25, 0.3) is 0 Å². The normalized spacial score (nSPS) is 35.3. The number of likely N-dealkylation sites (N-methyl/N-ethyl adjacent to an activating group) is 1. The van der Waals surface area contributed by atoms with E-state index in [0.717, 1.165) is 71.1 Å². The molecule has 4 fully saturated rings. The van der Waals surface area contributed by atoms with E-state index in [1.165, 1.54) is 6.21 Å². The number of fused-ring (bicyclic) bond motifs is 1. The number of rotatable bonds is 13. The van der Waals surface area contributed by atoms with Crippen molar-refractivity contribution in [1.82, 2.24) is 24.9 Å². The van der Waals surface area contributed by atoms with Crippen LogP contribution in [-0.4, -0.2) is 134 Å². The van der Waals surface area contributed by atoms with E-state index in [1.807, 2.05) is 4.90 Å². The molecule has 8 atom stereocenters. The number of nitrogens with two attached hydrogens (primary N) is 2. The second-order valence-electron chi connectivity index (χ2n) is 16.4. The number of likely N-dealkylation sites (tertiary alicyclic amines) is 2. The lowest BCUT2D eigenvalue weighted by molar-refractivity contribution is -0.140. The van der Waals surface area contributed by atoms with Crippen LogP contribution in [-0.2, 0) is 9.59 Å². The highest BCUT2D eigenvalue weighted by Crippen LogP contribution is 2.72. The van der Waals surface area contributed by atoms with Crippen molar-refractivity contribution in [3.05, 3.63) is 11.9 Å². The number of hydrogen-bond donors (Lipinski definition) is 3. The van der Waals surface area contributed by atoms with Crippen molar-refractivity contribution in [2.45, 2.75) is 128 Å². The van der Waals surface area contributed by atoms with E-state index < -0.39 is 36.4 Å². The molecule has 10 nitrogen and oxygen atoms in total. The summed E-state index contributed by atoms with van der Waals surface area (Å²) >= 11 is 0. The Morgan fingerprint density at radius 3 is 2.44 bits per heavy atom. The molecule has 5 rings (SSSR count). The fourth-order valence-electron chi connectivity index (χ4n) is 9.96. The van der Waals surface area contributed by atoms with Crippen molar-refractivity contribution in [2.24, 2.45) is 39.1 Å². The number of amides is 2. The predicted octanol–water partition coefficient (Wildman–Crippen LogP) is 3.70. The number of hydrogen-bond acceptors (Lipinski definition) is 8. The van der Waals surface area contributed by atoms with E-state index in [-0.39, 0.29) is 34.4 Å². The summed E-state index contributed by atoms with van der Waals surface area (Å²) in [6.07, 6.45) is 9.40. The van der Waals surface area contributed by atoms with Gasteiger partial charge in [0.05, 0.1) is 36.4 Å². The fourth-order valence-corrected chi connectivity index (χ4v) is 9.96. The zero-order valence-electron chi connectivity index (χ0n) is 31.5. The van der Waals surface area contributed by atoms with Gasteiger partial charge in [0, 0.05) is 44.7 Å². The quantitative estimate of drug-likeness (QED) is 0.198. The van der Waals surface area contributed by atoms with E-state index >= 15 is 8.78 Å². The average molecular weight is 705 g/mol. The number of nitrogens with zero attached hydrogens (tertiary/aromatic N) is 5. The van der Waals surface area contributed by atoms with Gasteiger partial charge in [-0.1, -0.05) is 40.0 Å². The Bertz CT molecular complexity index is 1230. The van der Waals surface area contributed by atoms with Crippen molar-refractivity contribution in [3.63, 3.8) is 0 Å². The molecule has 284 valence electrons. The zero-order chi connectivity index (χ0) is 36.2. The fraction of sp³-hybridized carbons (Fsp3) is 0.868. The third-order valence-electron chi connectivity index (χ3n) is 13.1. The van der Waals surface area contributed by atoms with Crippen LogP contribution in [0, 0.1) is 22.7 Å². The van der Waals surface area contributed by atoms with Crippen LogP contribution >= 0.6 is 0 Å². The minimum Gasteiger partial charge on any atom is -0.350 e. The lowest BCUT2D eigenvalue weighted by Gasteiger charge is -2.48. The lowest BCUT2D eigenvalue weighted by atomic mass is 9.78. The number of aliphatic imine (C=N–C) groups is 1. The van der Waals surface area contributed by atoms with Crippen LogP contribution in [0.1, 0.15) is 91.9 Å². The molecule has 1 saturated carbocycles. The number of piperazine rings is 1. The molecular weight excluding hydrogens is 638 g/mol. The largest absolute Gasteiger partial charge is 0.350 e. The van der Waals surface area contributed by atoms with Crippen LogP contribution in [0.25, 0.3) is 0 Å². The third kappa shape index (κ3) is 8.45. The van der Waals surface area contributed by atoms with E-state index in [2.05, 4.69) is 59.8 Å². The Kier molecular flexibility index (Phi) is 13.2. The van der Waals surface area contributed by atoms with E-state index in [0.29, 0.717) is 51.5 Å². The predicted molar refractivity (Wildman–Crippen MR) is 196 cm³/mol. The molecule has 5 aliphatic rings. The Morgan fingerprint density at radius 1 is 1.06 bits per heavy atom. The van der Waals surface area contributed by atoms with Gasteiger partial charge in [-0.2, -0.15) is 0 Å². The van der Waals surface area contributed by atoms with Crippen LogP contribution in [0.3, 0.4) is 0 Å². The van der Waals surface area contributed by atoms with Gasteiger partial charge in [0.15, 0.2) is 0 Å². The van der Waals surface area contributed by atoms with Gasteiger partial charge in [0.1, 0.15) is 12.0 Å². The lowest BCUT2D eigenvalue weighted by Crippen LogP contribution is -2.68. The van der Waals surface area contributed by atoms with Crippen molar-refractivity contribution in [2.75, 3.05) is 59.4 Å². The monoisotopic (exact) mass is 705 g/mol. The van der Waals surface area contributed by atoms with Gasteiger partial charge >= 0.3 is 0 Å². The van der Waals surface area contributed by atoms with Crippen molar-refractivity contribution in [3.8, 4) is 0 Å². The highest BCUT2D eigenvalue weighted by Gasteiger charge is 2.65. The summed E-state index contributed by atoms with van der Waals surface area (Å²) in [6.45, 7) is 13.7. The van der Waals surface area contributed by atoms with Crippen LogP contribution in [0.5, 0.6) is 0 Å². The molecule has 4 heterocycles. The SMILES string of the molecule is CCCCCN1CC(F)C(N2CCC(C(=O)N3CCN(C)C(C)C3)CC2)C(NC(=O)C(C(N)N)C2CC3(CC)CC3(CCC)C=C(F)C=N2)C1. The summed E-state index contributed by atoms with van der Waals surface area (Å²) < 4.78 is 31.6. The number of alkyl halides is 1. The topological polar surface area (TPSA) is 124 Å². The van der Waals surface area contributed by atoms with E-state index in [1.54, 1.807) is 6.08 Å². The number of unbranched alkanes of at least 4 members (excludes halogenated alkanes) is 2. The van der Waals surface area contributed by atoms with Gasteiger partial charge in [-0.3, -0.25) is 24.4 Å². The molecule has 2 amide bonds. The molecule has 0 aromatic rings. The summed E-state index contributed by atoms with van der Waals surface area (Å²) in [4.78, 5) is 41.0. The van der Waals surface area contributed by atoms with E-state index in [4.69, 9.17) is 11.5 Å². The van der Waals surface area contributed by atoms with Gasteiger partial charge in [-0.05, 0) is 95.5 Å². The van der Waals surface area contributed by atoms with Crippen LogP contribution in [0.2, 0.25) is 0 Å². The molecule has 5 N–H and O–H groups in total. The smallest absolute Gasteiger partial charge is 0.228 e. The maximum absolute atomic E-state index is 16.4. The number of carbonyl (C=O) groups excluding carboxylic acids is 2. The van der Waals surface area contributed by atoms with Crippen LogP contribution in [0.15, 0.2) is 16.9 Å². The molecule has 12 heteroatoms. The molecular formula is C38H66F2N8O2. The first-order chi connectivity index (χ1) is 23.9. The molecule has 0 radical (unpaired) electrons. The van der Waals surface area contributed by atoms with Crippen LogP contribution in [0.4, 0.5) is 8.78 Å². The number of halogens is 2. The number of piperidine rings is 2. The first-order valence-electron chi connectivity index (χ1n) is 19.7. The molecule has 4 aliphatic heterocycles. The zero-order valence-corrected chi connectivity index (χ0v) is 31.5. The third-order valence-corrected chi connectivity index (χ3v) is 13.1. The first-order valence-corrected chi connectivity index (χ1v) is 19.7. The second-order valence-corrected chi connectivity index (χ2v) is 16.4. The minimum absolute atomic E-state index is 0.0681. The maximum Gasteiger partial charge on any atom is 0.228 e. The number of carbonyl (C=O) groups is 2. The second kappa shape index (κ2) is 16.8. The highest BCUT2D eigenvalue weighted by atomic mass is 19.1. The molecule has 1 aliphatic carbocycles. The van der Waals surface area contributed by atoms with Crippen molar-refractivity contribution in [1.29, 1.82) is 0 Å². The summed E-state index contributed by atoms with van der Waals surface area (Å²) in [5.74, 6) is -1.45. The summed E-state index contributed by atoms with van der Waals surface area (Å²) in [5, 5.41) is 3.25. The van der Waals surface area contributed by atoms with Gasteiger partial charge in [0.2, 0.25) is 11.8 Å². The molecule has 0 bridgehead atoms. The van der Waals surface area contributed by atoms with Crippen LogP contribution < -0.4 is 16.8 Å². The van der Waals surface area contributed by atoms with E-state index in [9.17, 15) is 9.59 Å². The molecule has 8 unspecified atom stereocenters. The summed E-state index contributed by atoms with van der Waals surface area (Å²) in [6, 6.07) is -1.28. The first kappa shape index (κ1) is 39.2. The molecule has 0 spiro atoms. The average Bonchev–Trinajstić information content (AvgIpc) is 3.67. The van der Waals surface area contributed by atoms with Crippen molar-refractivity contribution < 1.29 is 18.4 Å². The molecule has 0 aromatic carbocycles.